The molecule has 1 aliphatic rings. The summed E-state index contributed by atoms with van der Waals surface area (Å²) in [5.74, 6) is 4.14. The Kier molecular flexibility index (Phi) is 4.70. The van der Waals surface area contributed by atoms with Crippen LogP contribution in [-0.2, 0) is 14.3 Å². The standard InChI is InChI=1S/C11H12O5/c12-9-5-8(10(13)6-9)3-1-2-4-16-7-11(14)15/h5,9,12H,3-4,6-7H2,(H,14,15). The Morgan fingerprint density at radius 2 is 2.31 bits per heavy atom. The molecule has 1 unspecified atom stereocenters. The van der Waals surface area contributed by atoms with E-state index in [2.05, 4.69) is 16.6 Å². The van der Waals surface area contributed by atoms with Crippen molar-refractivity contribution < 1.29 is 24.5 Å². The van der Waals surface area contributed by atoms with Gasteiger partial charge in [-0.15, -0.1) is 0 Å². The lowest BCUT2D eigenvalue weighted by Crippen LogP contribution is -2.06. The maximum absolute atomic E-state index is 11.2. The third-order valence-corrected chi connectivity index (χ3v) is 1.95. The molecule has 5 nitrogen and oxygen atoms in total. The van der Waals surface area contributed by atoms with Crippen LogP contribution in [-0.4, -0.2) is 41.3 Å². The summed E-state index contributed by atoms with van der Waals surface area (Å²) in [6.07, 6.45) is 1.21. The molecule has 0 amide bonds. The van der Waals surface area contributed by atoms with Crippen molar-refractivity contribution in [3.05, 3.63) is 11.6 Å². The summed E-state index contributed by atoms with van der Waals surface area (Å²) >= 11 is 0. The van der Waals surface area contributed by atoms with E-state index >= 15 is 0 Å². The van der Waals surface area contributed by atoms with E-state index in [-0.39, 0.29) is 31.8 Å². The van der Waals surface area contributed by atoms with Gasteiger partial charge in [-0.1, -0.05) is 11.8 Å². The third kappa shape index (κ3) is 4.26. The molecule has 2 N–H and O–H groups in total. The van der Waals surface area contributed by atoms with Crippen molar-refractivity contribution >= 4 is 11.8 Å². The maximum Gasteiger partial charge on any atom is 0.329 e. The number of ketones is 1. The Bertz CT molecular complexity index is 372. The zero-order valence-corrected chi connectivity index (χ0v) is 8.60. The summed E-state index contributed by atoms with van der Waals surface area (Å²) in [5, 5.41) is 17.4. The average molecular weight is 224 g/mol. The highest BCUT2D eigenvalue weighted by atomic mass is 16.5. The Labute approximate surface area is 92.7 Å². The molecule has 0 radical (unpaired) electrons. The van der Waals surface area contributed by atoms with Crippen LogP contribution in [0.25, 0.3) is 0 Å². The highest BCUT2D eigenvalue weighted by Gasteiger charge is 2.20. The molecule has 16 heavy (non-hydrogen) atoms. The number of aliphatic hydroxyl groups is 1. The van der Waals surface area contributed by atoms with E-state index < -0.39 is 12.1 Å². The zero-order chi connectivity index (χ0) is 12.0. The highest BCUT2D eigenvalue weighted by molar-refractivity contribution is 5.98. The number of rotatable bonds is 4. The van der Waals surface area contributed by atoms with Gasteiger partial charge in [0.1, 0.15) is 13.2 Å². The number of aliphatic hydroxyl groups excluding tert-OH is 1. The summed E-state index contributed by atoms with van der Waals surface area (Å²) in [4.78, 5) is 21.3. The van der Waals surface area contributed by atoms with Gasteiger partial charge >= 0.3 is 5.97 Å². The van der Waals surface area contributed by atoms with Crippen LogP contribution in [0.4, 0.5) is 0 Å². The van der Waals surface area contributed by atoms with Crippen LogP contribution >= 0.6 is 0 Å². The molecule has 0 saturated heterocycles. The van der Waals surface area contributed by atoms with E-state index in [1.54, 1.807) is 0 Å². The predicted molar refractivity (Wildman–Crippen MR) is 54.6 cm³/mol. The van der Waals surface area contributed by atoms with Gasteiger partial charge in [-0.2, -0.15) is 0 Å². The average Bonchev–Trinajstić information content (AvgIpc) is 2.50. The van der Waals surface area contributed by atoms with Crippen LogP contribution in [0.3, 0.4) is 0 Å². The molecule has 86 valence electrons. The number of carboxylic acid groups (broad SMARTS) is 1. The van der Waals surface area contributed by atoms with Gasteiger partial charge in [-0.3, -0.25) is 4.79 Å². The fraction of sp³-hybridized carbons (Fsp3) is 0.455. The van der Waals surface area contributed by atoms with E-state index in [0.29, 0.717) is 5.57 Å². The van der Waals surface area contributed by atoms with Crippen LogP contribution in [0, 0.1) is 11.8 Å². The summed E-state index contributed by atoms with van der Waals surface area (Å²) < 4.78 is 4.68. The predicted octanol–water partition coefficient (Wildman–Crippen LogP) is -0.259. The SMILES string of the molecule is O=C(O)COCC#CCC1=CC(O)CC1=O. The quantitative estimate of drug-likeness (QED) is 0.507. The van der Waals surface area contributed by atoms with Crippen LogP contribution in [0.2, 0.25) is 0 Å². The van der Waals surface area contributed by atoms with E-state index in [4.69, 9.17) is 10.2 Å². The van der Waals surface area contributed by atoms with Crippen molar-refractivity contribution in [2.45, 2.75) is 18.9 Å². The van der Waals surface area contributed by atoms with Gasteiger partial charge in [-0.25, -0.2) is 4.79 Å². The number of hydrogen-bond acceptors (Lipinski definition) is 4. The largest absolute Gasteiger partial charge is 0.480 e. The van der Waals surface area contributed by atoms with Gasteiger partial charge < -0.3 is 14.9 Å². The summed E-state index contributed by atoms with van der Waals surface area (Å²) in [5.41, 5.74) is 0.512. The molecule has 0 aliphatic heterocycles. The van der Waals surface area contributed by atoms with Crippen molar-refractivity contribution in [2.24, 2.45) is 0 Å². The Morgan fingerprint density at radius 3 is 2.88 bits per heavy atom. The van der Waals surface area contributed by atoms with Crippen molar-refractivity contribution in [3.63, 3.8) is 0 Å². The number of hydrogen-bond donors (Lipinski definition) is 2. The van der Waals surface area contributed by atoms with Gasteiger partial charge in [-0.05, 0) is 6.08 Å². The lowest BCUT2D eigenvalue weighted by Gasteiger charge is -1.92. The van der Waals surface area contributed by atoms with Crippen molar-refractivity contribution in [3.8, 4) is 11.8 Å². The minimum atomic E-state index is -1.04. The van der Waals surface area contributed by atoms with Gasteiger partial charge in [0.05, 0.1) is 6.10 Å². The Balaban J connectivity index is 2.24. The lowest BCUT2D eigenvalue weighted by atomic mass is 10.1. The number of ether oxygens (including phenoxy) is 1. The molecular formula is C11H12O5. The third-order valence-electron chi connectivity index (χ3n) is 1.95. The fourth-order valence-corrected chi connectivity index (χ4v) is 1.26. The van der Waals surface area contributed by atoms with E-state index in [0.717, 1.165) is 0 Å². The number of allylic oxidation sites excluding steroid dienone is 1. The first-order valence-electron chi connectivity index (χ1n) is 4.77. The zero-order valence-electron chi connectivity index (χ0n) is 8.60. The molecular weight excluding hydrogens is 212 g/mol. The van der Waals surface area contributed by atoms with Gasteiger partial charge in [0.15, 0.2) is 5.78 Å². The van der Waals surface area contributed by atoms with Crippen molar-refractivity contribution in [1.82, 2.24) is 0 Å². The maximum atomic E-state index is 11.2. The van der Waals surface area contributed by atoms with E-state index in [9.17, 15) is 9.59 Å². The summed E-state index contributed by atoms with van der Waals surface area (Å²) in [6, 6.07) is 0. The van der Waals surface area contributed by atoms with Gasteiger partial charge in [0, 0.05) is 18.4 Å². The number of carbonyl (C=O) groups excluding carboxylic acids is 1. The van der Waals surface area contributed by atoms with Crippen molar-refractivity contribution in [2.75, 3.05) is 13.2 Å². The lowest BCUT2D eigenvalue weighted by molar-refractivity contribution is -0.141. The number of carboxylic acids is 1. The molecule has 0 aromatic carbocycles. The fourth-order valence-electron chi connectivity index (χ4n) is 1.26. The highest BCUT2D eigenvalue weighted by Crippen LogP contribution is 2.16. The van der Waals surface area contributed by atoms with Crippen molar-refractivity contribution in [1.29, 1.82) is 0 Å². The van der Waals surface area contributed by atoms with Crippen LogP contribution < -0.4 is 0 Å². The molecule has 0 saturated carbocycles. The molecule has 0 heterocycles. The first-order chi connectivity index (χ1) is 7.59. The molecule has 1 atom stereocenters. The number of carbonyl (C=O) groups is 2. The molecule has 0 fully saturated rings. The smallest absolute Gasteiger partial charge is 0.329 e. The van der Waals surface area contributed by atoms with Crippen LogP contribution in [0.15, 0.2) is 11.6 Å². The minimum Gasteiger partial charge on any atom is -0.480 e. The Hall–Kier alpha value is -1.64. The van der Waals surface area contributed by atoms with Gasteiger partial charge in [0.25, 0.3) is 0 Å². The normalized spacial score (nSPS) is 18.9. The second-order valence-corrected chi connectivity index (χ2v) is 3.30. The summed E-state index contributed by atoms with van der Waals surface area (Å²) in [6.45, 7) is -0.356. The monoisotopic (exact) mass is 224 g/mol. The number of aliphatic carboxylic acids is 1. The molecule has 1 aliphatic carbocycles. The minimum absolute atomic E-state index is 0.0241. The van der Waals surface area contributed by atoms with E-state index in [1.165, 1.54) is 6.08 Å². The first-order valence-corrected chi connectivity index (χ1v) is 4.77. The number of Topliss-reactive ketones (excluding diaryl/α,β-unsaturated/α-hetero) is 1. The Morgan fingerprint density at radius 1 is 1.56 bits per heavy atom. The van der Waals surface area contributed by atoms with Gasteiger partial charge in [0.2, 0.25) is 0 Å². The molecule has 1 rings (SSSR count). The first kappa shape index (κ1) is 12.4. The molecule has 0 bridgehead atoms. The summed E-state index contributed by atoms with van der Waals surface area (Å²) in [7, 11) is 0. The molecule has 5 heteroatoms. The van der Waals surface area contributed by atoms with E-state index in [1.807, 2.05) is 0 Å². The molecule has 0 spiro atoms. The molecule has 0 aromatic heterocycles. The van der Waals surface area contributed by atoms with Crippen LogP contribution in [0.5, 0.6) is 0 Å². The van der Waals surface area contributed by atoms with Crippen LogP contribution in [0.1, 0.15) is 12.8 Å². The molecule has 0 aromatic rings. The second-order valence-electron chi connectivity index (χ2n) is 3.30. The topological polar surface area (TPSA) is 83.8 Å². The second kappa shape index (κ2) is 6.05.